The summed E-state index contributed by atoms with van der Waals surface area (Å²) in [5, 5.41) is 11.1. The van der Waals surface area contributed by atoms with Gasteiger partial charge in [0, 0.05) is 18.0 Å². The molecule has 1 aromatic rings. The zero-order chi connectivity index (χ0) is 13.7. The van der Waals surface area contributed by atoms with Gasteiger partial charge in [-0.3, -0.25) is 9.59 Å². The molecular formula is C12H15FN2O3. The number of carboxylic acid groups (broad SMARTS) is 1. The Morgan fingerprint density at radius 1 is 1.50 bits per heavy atom. The maximum atomic E-state index is 13.1. The third-order valence-corrected chi connectivity index (χ3v) is 2.43. The van der Waals surface area contributed by atoms with Gasteiger partial charge in [0.1, 0.15) is 5.82 Å². The van der Waals surface area contributed by atoms with Gasteiger partial charge in [-0.1, -0.05) is 0 Å². The third kappa shape index (κ3) is 4.04. The summed E-state index contributed by atoms with van der Waals surface area (Å²) in [6.07, 6.45) is 0.288. The molecule has 1 rings (SSSR count). The van der Waals surface area contributed by atoms with Crippen LogP contribution in [0.1, 0.15) is 30.1 Å². The molecule has 4 N–H and O–H groups in total. The summed E-state index contributed by atoms with van der Waals surface area (Å²) in [6, 6.07) is 3.48. The van der Waals surface area contributed by atoms with E-state index in [-0.39, 0.29) is 23.7 Å². The molecule has 0 saturated carbocycles. The van der Waals surface area contributed by atoms with Gasteiger partial charge in [0.05, 0.1) is 5.69 Å². The van der Waals surface area contributed by atoms with Crippen LogP contribution in [-0.4, -0.2) is 23.0 Å². The van der Waals surface area contributed by atoms with Gasteiger partial charge < -0.3 is 16.2 Å². The van der Waals surface area contributed by atoms with Crippen molar-refractivity contribution in [3.8, 4) is 0 Å². The van der Waals surface area contributed by atoms with Gasteiger partial charge in [-0.25, -0.2) is 4.39 Å². The largest absolute Gasteiger partial charge is 0.481 e. The Morgan fingerprint density at radius 2 is 2.17 bits per heavy atom. The fraction of sp³-hybridized carbons (Fsp3) is 0.333. The molecule has 0 heterocycles. The van der Waals surface area contributed by atoms with E-state index in [1.54, 1.807) is 6.92 Å². The minimum Gasteiger partial charge on any atom is -0.481 e. The number of rotatable bonds is 5. The molecule has 0 aliphatic carbocycles. The zero-order valence-electron chi connectivity index (χ0n) is 9.94. The maximum Gasteiger partial charge on any atom is 0.303 e. The first kappa shape index (κ1) is 14.0. The molecule has 5 nitrogen and oxygen atoms in total. The number of nitrogens with one attached hydrogen (secondary N) is 1. The van der Waals surface area contributed by atoms with E-state index in [2.05, 4.69) is 5.32 Å². The van der Waals surface area contributed by atoms with Crippen molar-refractivity contribution in [2.75, 3.05) is 5.73 Å². The average molecular weight is 254 g/mol. The van der Waals surface area contributed by atoms with Crippen LogP contribution >= 0.6 is 0 Å². The van der Waals surface area contributed by atoms with Gasteiger partial charge in [-0.05, 0) is 31.5 Å². The lowest BCUT2D eigenvalue weighted by atomic mass is 10.1. The van der Waals surface area contributed by atoms with Crippen LogP contribution in [0.25, 0.3) is 0 Å². The summed E-state index contributed by atoms with van der Waals surface area (Å²) in [4.78, 5) is 22.1. The number of carbonyl (C=O) groups is 2. The molecule has 98 valence electrons. The molecule has 6 heteroatoms. The Balaban J connectivity index is 2.59. The normalized spacial score (nSPS) is 11.9. The molecule has 0 fully saturated rings. The number of anilines is 1. The van der Waals surface area contributed by atoms with E-state index in [9.17, 15) is 14.0 Å². The minimum absolute atomic E-state index is 0.0227. The Bertz CT molecular complexity index is 463. The van der Waals surface area contributed by atoms with Crippen molar-refractivity contribution in [2.24, 2.45) is 0 Å². The highest BCUT2D eigenvalue weighted by Gasteiger charge is 2.12. The SMILES string of the molecule is CC(CCC(=O)O)NC(=O)c1ccc(N)c(F)c1. The summed E-state index contributed by atoms with van der Waals surface area (Å²) in [5.74, 6) is -2.03. The molecule has 0 aromatic heterocycles. The summed E-state index contributed by atoms with van der Waals surface area (Å²) in [7, 11) is 0. The van der Waals surface area contributed by atoms with E-state index in [0.29, 0.717) is 6.42 Å². The number of halogens is 1. The summed E-state index contributed by atoms with van der Waals surface area (Å²) in [6.45, 7) is 1.69. The molecule has 1 aromatic carbocycles. The zero-order valence-corrected chi connectivity index (χ0v) is 9.94. The second-order valence-electron chi connectivity index (χ2n) is 4.04. The molecular weight excluding hydrogens is 239 g/mol. The Kier molecular flexibility index (Phi) is 4.65. The van der Waals surface area contributed by atoms with Gasteiger partial charge in [0.2, 0.25) is 0 Å². The first-order chi connectivity index (χ1) is 8.40. The molecule has 0 saturated heterocycles. The number of benzene rings is 1. The van der Waals surface area contributed by atoms with Crippen LogP contribution in [0.3, 0.4) is 0 Å². The number of amides is 1. The number of carbonyl (C=O) groups excluding carboxylic acids is 1. The van der Waals surface area contributed by atoms with Gasteiger partial charge in [0.15, 0.2) is 0 Å². The summed E-state index contributed by atoms with van der Waals surface area (Å²) < 4.78 is 13.1. The van der Waals surface area contributed by atoms with Gasteiger partial charge in [-0.2, -0.15) is 0 Å². The van der Waals surface area contributed by atoms with Crippen LogP contribution < -0.4 is 11.1 Å². The minimum atomic E-state index is -0.922. The second kappa shape index (κ2) is 6.00. The Morgan fingerprint density at radius 3 is 2.72 bits per heavy atom. The maximum absolute atomic E-state index is 13.1. The molecule has 0 aliphatic rings. The number of carboxylic acids is 1. The number of nitrogen functional groups attached to an aromatic ring is 1. The average Bonchev–Trinajstić information content (AvgIpc) is 2.30. The quantitative estimate of drug-likeness (QED) is 0.692. The number of aliphatic carboxylic acids is 1. The van der Waals surface area contributed by atoms with Crippen molar-refractivity contribution in [1.82, 2.24) is 5.32 Å². The molecule has 0 bridgehead atoms. The first-order valence-electron chi connectivity index (χ1n) is 5.48. The number of hydrogen-bond donors (Lipinski definition) is 3. The Hall–Kier alpha value is -2.11. The van der Waals surface area contributed by atoms with E-state index < -0.39 is 17.7 Å². The first-order valence-corrected chi connectivity index (χ1v) is 5.48. The molecule has 0 radical (unpaired) electrons. The van der Waals surface area contributed by atoms with Crippen LogP contribution in [0.5, 0.6) is 0 Å². The molecule has 0 spiro atoms. The van der Waals surface area contributed by atoms with Crippen molar-refractivity contribution in [3.05, 3.63) is 29.6 Å². The standard InChI is InChI=1S/C12H15FN2O3/c1-7(2-5-11(16)17)15-12(18)8-3-4-10(14)9(13)6-8/h3-4,6-7H,2,5,14H2,1H3,(H,15,18)(H,16,17). The molecule has 1 amide bonds. The number of nitrogens with two attached hydrogens (primary N) is 1. The van der Waals surface area contributed by atoms with E-state index in [1.165, 1.54) is 12.1 Å². The van der Waals surface area contributed by atoms with Crippen LogP contribution in [0.15, 0.2) is 18.2 Å². The van der Waals surface area contributed by atoms with E-state index >= 15 is 0 Å². The third-order valence-electron chi connectivity index (χ3n) is 2.43. The van der Waals surface area contributed by atoms with E-state index in [4.69, 9.17) is 10.8 Å². The van der Waals surface area contributed by atoms with Gasteiger partial charge in [0.25, 0.3) is 5.91 Å². The van der Waals surface area contributed by atoms with Crippen LogP contribution in [0.2, 0.25) is 0 Å². The highest BCUT2D eigenvalue weighted by Crippen LogP contribution is 2.12. The lowest BCUT2D eigenvalue weighted by Crippen LogP contribution is -2.33. The molecule has 1 atom stereocenters. The van der Waals surface area contributed by atoms with Crippen molar-refractivity contribution in [1.29, 1.82) is 0 Å². The molecule has 18 heavy (non-hydrogen) atoms. The van der Waals surface area contributed by atoms with Crippen LogP contribution in [0.4, 0.5) is 10.1 Å². The van der Waals surface area contributed by atoms with E-state index in [0.717, 1.165) is 6.07 Å². The fourth-order valence-electron chi connectivity index (χ4n) is 1.39. The van der Waals surface area contributed by atoms with Crippen LogP contribution in [0, 0.1) is 5.82 Å². The van der Waals surface area contributed by atoms with Crippen molar-refractivity contribution in [3.63, 3.8) is 0 Å². The van der Waals surface area contributed by atoms with Crippen LogP contribution in [-0.2, 0) is 4.79 Å². The second-order valence-corrected chi connectivity index (χ2v) is 4.04. The highest BCUT2D eigenvalue weighted by atomic mass is 19.1. The van der Waals surface area contributed by atoms with Gasteiger partial charge in [-0.15, -0.1) is 0 Å². The van der Waals surface area contributed by atoms with Crippen molar-refractivity contribution >= 4 is 17.6 Å². The van der Waals surface area contributed by atoms with Crippen molar-refractivity contribution in [2.45, 2.75) is 25.8 Å². The monoisotopic (exact) mass is 254 g/mol. The van der Waals surface area contributed by atoms with E-state index in [1.807, 2.05) is 0 Å². The predicted molar refractivity (Wildman–Crippen MR) is 64.6 cm³/mol. The number of hydrogen-bond acceptors (Lipinski definition) is 3. The molecule has 0 aliphatic heterocycles. The highest BCUT2D eigenvalue weighted by molar-refractivity contribution is 5.94. The molecule has 1 unspecified atom stereocenters. The lowest BCUT2D eigenvalue weighted by molar-refractivity contribution is -0.137. The Labute approximate surface area is 104 Å². The summed E-state index contributed by atoms with van der Waals surface area (Å²) >= 11 is 0. The van der Waals surface area contributed by atoms with Crippen molar-refractivity contribution < 1.29 is 19.1 Å². The predicted octanol–water partition coefficient (Wildman–Crippen LogP) is 1.39. The summed E-state index contributed by atoms with van der Waals surface area (Å²) in [5.41, 5.74) is 5.43. The smallest absolute Gasteiger partial charge is 0.303 e. The van der Waals surface area contributed by atoms with Gasteiger partial charge >= 0.3 is 5.97 Å². The lowest BCUT2D eigenvalue weighted by Gasteiger charge is -2.12. The topological polar surface area (TPSA) is 92.4 Å². The fourth-order valence-corrected chi connectivity index (χ4v) is 1.39.